The fraction of sp³-hybridized carbons (Fsp3) is 0.560. The molecule has 4 heterocycles. The second kappa shape index (κ2) is 11.6. The summed E-state index contributed by atoms with van der Waals surface area (Å²) in [5, 5.41) is 4.69. The van der Waals surface area contributed by atoms with Crippen molar-refractivity contribution in [1.29, 1.82) is 0 Å². The number of carbonyl (C=O) groups is 1. The van der Waals surface area contributed by atoms with Gasteiger partial charge in [-0.1, -0.05) is 50.3 Å². The normalized spacial score (nSPS) is 21.0. The number of nitrogens with one attached hydrogen (secondary N) is 1. The van der Waals surface area contributed by atoms with Gasteiger partial charge in [-0.25, -0.2) is 4.98 Å². The third kappa shape index (κ3) is 5.21. The van der Waals surface area contributed by atoms with E-state index in [1.165, 1.54) is 39.7 Å². The molecule has 6 nitrogen and oxygen atoms in total. The number of nitrogens with zero attached hydrogens (tertiary/aromatic N) is 4. The molecule has 2 aromatic rings. The molecule has 2 fully saturated rings. The van der Waals surface area contributed by atoms with E-state index in [1.807, 2.05) is 18.7 Å². The maximum absolute atomic E-state index is 10.9. The molecule has 1 amide bonds. The maximum Gasteiger partial charge on any atom is 0.210 e. The Hall–Kier alpha value is -2.25. The zero-order chi connectivity index (χ0) is 23.1. The molecule has 7 heteroatoms. The summed E-state index contributed by atoms with van der Waals surface area (Å²) in [4.78, 5) is 25.4. The van der Waals surface area contributed by atoms with Crippen molar-refractivity contribution in [2.45, 2.75) is 72.0 Å². The Kier molecular flexibility index (Phi) is 8.82. The maximum atomic E-state index is 10.9. The molecular weight excluding hydrogens is 418 g/mol. The first-order chi connectivity index (χ1) is 15.6. The van der Waals surface area contributed by atoms with E-state index in [4.69, 9.17) is 4.98 Å². The van der Waals surface area contributed by atoms with E-state index in [1.54, 1.807) is 11.3 Å². The number of thiazole rings is 1. The molecule has 174 valence electrons. The van der Waals surface area contributed by atoms with Crippen molar-refractivity contribution in [3.8, 4) is 0 Å². The van der Waals surface area contributed by atoms with Gasteiger partial charge in [0, 0.05) is 43.0 Å². The minimum absolute atomic E-state index is 0.619. The van der Waals surface area contributed by atoms with Gasteiger partial charge in [0.2, 0.25) is 6.41 Å². The highest BCUT2D eigenvalue weighted by Gasteiger charge is 2.38. The second-order valence-corrected chi connectivity index (χ2v) is 9.30. The number of rotatable bonds is 4. The number of anilines is 1. The summed E-state index contributed by atoms with van der Waals surface area (Å²) in [6.45, 7) is 15.5. The van der Waals surface area contributed by atoms with Gasteiger partial charge in [-0.05, 0) is 44.0 Å². The number of fused-ring (bicyclic) bond motifs is 3. The summed E-state index contributed by atoms with van der Waals surface area (Å²) in [7, 11) is 0. The van der Waals surface area contributed by atoms with Crippen molar-refractivity contribution in [2.24, 2.45) is 4.99 Å². The van der Waals surface area contributed by atoms with Gasteiger partial charge in [-0.3, -0.25) is 9.79 Å². The number of carbonyl (C=O) groups excluding carboxylic acids is 1. The monoisotopic (exact) mass is 455 g/mol. The molecule has 2 saturated heterocycles. The van der Waals surface area contributed by atoms with Crippen LogP contribution in [0.1, 0.15) is 55.3 Å². The zero-order valence-corrected chi connectivity index (χ0v) is 20.7. The predicted octanol–water partition coefficient (Wildman–Crippen LogP) is 4.51. The number of hydrogen-bond acceptors (Lipinski definition) is 6. The Labute approximate surface area is 196 Å². The Morgan fingerprint density at radius 3 is 2.59 bits per heavy atom. The van der Waals surface area contributed by atoms with Crippen LogP contribution < -0.4 is 10.2 Å². The van der Waals surface area contributed by atoms with Gasteiger partial charge in [-0.2, -0.15) is 0 Å². The van der Waals surface area contributed by atoms with E-state index >= 15 is 0 Å². The summed E-state index contributed by atoms with van der Waals surface area (Å²) >= 11 is 1.79. The molecule has 1 N–H and O–H groups in total. The van der Waals surface area contributed by atoms with Crippen LogP contribution in [0.3, 0.4) is 0 Å². The van der Waals surface area contributed by atoms with Gasteiger partial charge in [-0.15, -0.1) is 0 Å². The first-order valence-corrected chi connectivity index (χ1v) is 12.7. The molecule has 0 saturated carbocycles. The highest BCUT2D eigenvalue weighted by molar-refractivity contribution is 7.15. The number of amides is 1. The summed E-state index contributed by atoms with van der Waals surface area (Å²) in [5.74, 6) is 0. The molecular formula is C25H37N5OS. The van der Waals surface area contributed by atoms with Crippen LogP contribution in [0, 0.1) is 6.92 Å². The Morgan fingerprint density at radius 1 is 1.28 bits per heavy atom. The third-order valence-corrected chi connectivity index (χ3v) is 7.46. The van der Waals surface area contributed by atoms with Crippen molar-refractivity contribution in [3.63, 3.8) is 0 Å². The van der Waals surface area contributed by atoms with Crippen molar-refractivity contribution >= 4 is 35.3 Å². The second-order valence-electron chi connectivity index (χ2n) is 8.24. The molecule has 0 radical (unpaired) electrons. The molecule has 2 unspecified atom stereocenters. The van der Waals surface area contributed by atoms with Gasteiger partial charge in [0.05, 0.1) is 17.9 Å². The molecule has 0 spiro atoms. The number of piperazine rings is 1. The summed E-state index contributed by atoms with van der Waals surface area (Å²) < 4.78 is 0. The van der Waals surface area contributed by atoms with Crippen molar-refractivity contribution in [1.82, 2.24) is 15.2 Å². The SMILES string of the molecule is C=Nc1c(C)cccc1CC.CC.O=CN1CCc2nc(N3C4CCC3CNC4)sc2C1. The molecule has 3 aliphatic rings. The van der Waals surface area contributed by atoms with Crippen LogP contribution >= 0.6 is 11.3 Å². The Morgan fingerprint density at radius 2 is 2.00 bits per heavy atom. The van der Waals surface area contributed by atoms with E-state index in [9.17, 15) is 4.79 Å². The smallest absolute Gasteiger partial charge is 0.210 e. The largest absolute Gasteiger partial charge is 0.340 e. The van der Waals surface area contributed by atoms with E-state index in [0.717, 1.165) is 51.1 Å². The van der Waals surface area contributed by atoms with Crippen LogP contribution in [0.4, 0.5) is 10.8 Å². The van der Waals surface area contributed by atoms with Gasteiger partial charge in [0.1, 0.15) is 0 Å². The Bertz CT molecular complexity index is 896. The van der Waals surface area contributed by atoms with Gasteiger partial charge < -0.3 is 15.1 Å². The number of hydrogen-bond donors (Lipinski definition) is 1. The number of aryl methyl sites for hydroxylation is 2. The predicted molar refractivity (Wildman–Crippen MR) is 136 cm³/mol. The van der Waals surface area contributed by atoms with Gasteiger partial charge in [0.15, 0.2) is 5.13 Å². The topological polar surface area (TPSA) is 60.8 Å². The lowest BCUT2D eigenvalue weighted by atomic mass is 10.1. The van der Waals surface area contributed by atoms with E-state index in [-0.39, 0.29) is 0 Å². The number of aromatic nitrogens is 1. The molecule has 1 aromatic heterocycles. The lowest BCUT2D eigenvalue weighted by Crippen LogP contribution is -2.51. The standard InChI is InChI=1S/C13H18N4OS.C10H13N.C2H6/c18-8-16-4-3-11-12(7-16)19-13(15-11)17-9-1-2-10(17)6-14-5-9;1-4-9-7-5-6-8(2)10(9)11-3;1-2/h8-10,14H,1-7H2;5-7H,3-4H2,1-2H3;1-2H3. The van der Waals surface area contributed by atoms with Crippen LogP contribution in [0.2, 0.25) is 0 Å². The zero-order valence-electron chi connectivity index (χ0n) is 19.9. The summed E-state index contributed by atoms with van der Waals surface area (Å²) in [6, 6.07) is 7.45. The first kappa shape index (κ1) is 24.4. The van der Waals surface area contributed by atoms with Crippen molar-refractivity contribution < 1.29 is 4.79 Å². The quantitative estimate of drug-likeness (QED) is 0.544. The number of para-hydroxylation sites is 1. The third-order valence-electron chi connectivity index (χ3n) is 6.36. The van der Waals surface area contributed by atoms with E-state index in [0.29, 0.717) is 12.1 Å². The summed E-state index contributed by atoms with van der Waals surface area (Å²) in [6.07, 6.45) is 5.45. The highest BCUT2D eigenvalue weighted by Crippen LogP contribution is 2.37. The average Bonchev–Trinajstić information content (AvgIpc) is 3.36. The van der Waals surface area contributed by atoms with E-state index in [2.05, 4.69) is 54.0 Å². The van der Waals surface area contributed by atoms with Crippen LogP contribution in [0.25, 0.3) is 0 Å². The minimum Gasteiger partial charge on any atom is -0.340 e. The van der Waals surface area contributed by atoms with Crippen LogP contribution in [0.5, 0.6) is 0 Å². The molecule has 3 aliphatic heterocycles. The van der Waals surface area contributed by atoms with Crippen molar-refractivity contribution in [2.75, 3.05) is 24.5 Å². The molecule has 2 bridgehead atoms. The lowest BCUT2D eigenvalue weighted by molar-refractivity contribution is -0.118. The van der Waals surface area contributed by atoms with Crippen molar-refractivity contribution in [3.05, 3.63) is 39.9 Å². The number of benzene rings is 1. The number of aliphatic imine (C=N–C) groups is 1. The fourth-order valence-electron chi connectivity index (χ4n) is 4.72. The Balaban J connectivity index is 0.000000191. The first-order valence-electron chi connectivity index (χ1n) is 11.9. The molecule has 0 aliphatic carbocycles. The minimum atomic E-state index is 0.619. The molecule has 1 aromatic carbocycles. The van der Waals surface area contributed by atoms with Crippen LogP contribution in [-0.2, 0) is 24.2 Å². The van der Waals surface area contributed by atoms with Crippen LogP contribution in [0.15, 0.2) is 23.2 Å². The molecule has 5 rings (SSSR count). The average molecular weight is 456 g/mol. The lowest BCUT2D eigenvalue weighted by Gasteiger charge is -2.35. The van der Waals surface area contributed by atoms with Gasteiger partial charge in [0.25, 0.3) is 0 Å². The highest BCUT2D eigenvalue weighted by atomic mass is 32.1. The molecule has 2 atom stereocenters. The fourth-order valence-corrected chi connectivity index (χ4v) is 6.00. The van der Waals surface area contributed by atoms with Crippen LogP contribution in [-0.4, -0.2) is 54.7 Å². The summed E-state index contributed by atoms with van der Waals surface area (Å²) in [5.41, 5.74) is 4.75. The van der Waals surface area contributed by atoms with E-state index < -0.39 is 0 Å². The van der Waals surface area contributed by atoms with Gasteiger partial charge >= 0.3 is 0 Å². The molecule has 32 heavy (non-hydrogen) atoms.